The number of hydrogen-bond acceptors (Lipinski definition) is 2. The highest BCUT2D eigenvalue weighted by Crippen LogP contribution is 2.09. The molecule has 0 aliphatic carbocycles. The fourth-order valence-corrected chi connectivity index (χ4v) is 2.66. The molecule has 1 N–H and O–H groups in total. The van der Waals surface area contributed by atoms with Crippen LogP contribution in [0.4, 0.5) is 0 Å². The summed E-state index contributed by atoms with van der Waals surface area (Å²) in [6.07, 6.45) is 0. The number of benzene rings is 3. The number of nitrogens with zero attached hydrogens (tertiary/aromatic N) is 2. The van der Waals surface area contributed by atoms with Crippen molar-refractivity contribution in [2.24, 2.45) is 0 Å². The molecule has 6 heteroatoms. The van der Waals surface area contributed by atoms with Gasteiger partial charge in [-0.1, -0.05) is 54.1 Å². The van der Waals surface area contributed by atoms with Crippen molar-refractivity contribution < 1.29 is 17.8 Å². The summed E-state index contributed by atoms with van der Waals surface area (Å²) in [4.78, 5) is 3.28. The van der Waals surface area contributed by atoms with Crippen LogP contribution in [0.25, 0.3) is 5.53 Å². The van der Waals surface area contributed by atoms with Gasteiger partial charge in [0.15, 0.2) is 0 Å². The first-order chi connectivity index (χ1) is 12.4. The molecule has 0 bridgehead atoms. The minimum atomic E-state index is -4.02. The van der Waals surface area contributed by atoms with Crippen molar-refractivity contribution in [1.82, 2.24) is 0 Å². The molecule has 0 aliphatic rings. The van der Waals surface area contributed by atoms with Crippen molar-refractivity contribution in [2.75, 3.05) is 0 Å². The smallest absolute Gasteiger partial charge is 0.329 e. The summed E-state index contributed by atoms with van der Waals surface area (Å²) >= 11 is 0. The molecule has 0 heterocycles. The van der Waals surface area contributed by atoms with Crippen LogP contribution in [0.2, 0.25) is 0 Å². The van der Waals surface area contributed by atoms with Gasteiger partial charge in [0.2, 0.25) is 0 Å². The molecule has 0 atom stereocenters. The van der Waals surface area contributed by atoms with Gasteiger partial charge in [-0.3, -0.25) is 4.55 Å². The molecule has 0 aromatic heterocycles. The highest BCUT2D eigenvalue weighted by molar-refractivity contribution is 7.85. The molecule has 132 valence electrons. The predicted molar refractivity (Wildman–Crippen MR) is 101 cm³/mol. The van der Waals surface area contributed by atoms with Crippen LogP contribution >= 0.6 is 0 Å². The van der Waals surface area contributed by atoms with Crippen LogP contribution in [-0.2, 0) is 10.1 Å². The van der Waals surface area contributed by atoms with Gasteiger partial charge in [0, 0.05) is 0 Å². The van der Waals surface area contributed by atoms with Gasteiger partial charge in [-0.2, -0.15) is 13.2 Å². The van der Waals surface area contributed by atoms with Gasteiger partial charge in [0.1, 0.15) is 0 Å². The lowest BCUT2D eigenvalue weighted by molar-refractivity contribution is -0.00279. The maximum absolute atomic E-state index is 10.5. The van der Waals surface area contributed by atoms with E-state index in [1.807, 2.05) is 67.6 Å². The third-order valence-corrected chi connectivity index (χ3v) is 4.38. The van der Waals surface area contributed by atoms with Crippen LogP contribution in [0.5, 0.6) is 0 Å². The van der Waals surface area contributed by atoms with Crippen molar-refractivity contribution in [3.8, 4) is 0 Å². The molecule has 3 rings (SSSR count). The summed E-state index contributed by atoms with van der Waals surface area (Å²) in [6.45, 7) is 1.84. The first kappa shape index (κ1) is 19.3. The summed E-state index contributed by atoms with van der Waals surface area (Å²) in [5.41, 5.74) is 12.4. The van der Waals surface area contributed by atoms with E-state index in [1.54, 1.807) is 12.1 Å². The third kappa shape index (κ3) is 5.50. The fourth-order valence-electron chi connectivity index (χ4n) is 2.18. The first-order valence-electron chi connectivity index (χ1n) is 7.79. The summed E-state index contributed by atoms with van der Waals surface area (Å²) in [5.74, 6) is 0. The molecule has 0 saturated heterocycles. The van der Waals surface area contributed by atoms with Crippen LogP contribution in [0, 0.1) is 6.92 Å². The van der Waals surface area contributed by atoms with Crippen LogP contribution in [0.15, 0.2) is 89.8 Å². The summed E-state index contributed by atoms with van der Waals surface area (Å²) < 4.78 is 29.6. The van der Waals surface area contributed by atoms with E-state index in [4.69, 9.17) is 10.1 Å². The lowest BCUT2D eigenvalue weighted by Crippen LogP contribution is -2.03. The second-order valence-electron chi connectivity index (χ2n) is 5.47. The topological polar surface area (TPSA) is 90.8 Å². The Morgan fingerprint density at radius 2 is 1.23 bits per heavy atom. The molecule has 0 unspecified atom stereocenters. The van der Waals surface area contributed by atoms with E-state index in [2.05, 4.69) is 4.79 Å². The number of rotatable bonds is 3. The Balaban J connectivity index is 0.000000197. The SMILES string of the molecule is Cc1ccc(S(=O)(=O)O)cc1.[N-]=[N+]=C(c1ccccc1)c1ccccc1. The van der Waals surface area contributed by atoms with E-state index < -0.39 is 10.1 Å². The second-order valence-corrected chi connectivity index (χ2v) is 6.89. The van der Waals surface area contributed by atoms with Gasteiger partial charge < -0.3 is 5.53 Å². The van der Waals surface area contributed by atoms with Gasteiger partial charge in [-0.05, 0) is 43.3 Å². The largest absolute Gasteiger partial charge is 0.361 e. The highest BCUT2D eigenvalue weighted by atomic mass is 32.2. The average Bonchev–Trinajstić information content (AvgIpc) is 2.64. The molecule has 0 fully saturated rings. The fraction of sp³-hybridized carbons (Fsp3) is 0.0500. The van der Waals surface area contributed by atoms with Crippen LogP contribution < -0.4 is 0 Å². The predicted octanol–water partition coefficient (Wildman–Crippen LogP) is 4.00. The van der Waals surface area contributed by atoms with Crippen molar-refractivity contribution in [3.63, 3.8) is 0 Å². The van der Waals surface area contributed by atoms with Gasteiger partial charge >= 0.3 is 5.71 Å². The van der Waals surface area contributed by atoms with Gasteiger partial charge in [0.05, 0.1) is 16.0 Å². The Bertz CT molecular complexity index is 952. The monoisotopic (exact) mass is 366 g/mol. The Kier molecular flexibility index (Phi) is 6.58. The molecule has 5 nitrogen and oxygen atoms in total. The highest BCUT2D eigenvalue weighted by Gasteiger charge is 2.13. The zero-order valence-corrected chi connectivity index (χ0v) is 15.0. The van der Waals surface area contributed by atoms with E-state index in [0.29, 0.717) is 5.71 Å². The molecular formula is C20H18N2O3S. The Hall–Kier alpha value is -3.05. The van der Waals surface area contributed by atoms with Crippen molar-refractivity contribution in [2.45, 2.75) is 11.8 Å². The minimum absolute atomic E-state index is 0.0666. The Morgan fingerprint density at radius 1 is 0.808 bits per heavy atom. The number of aryl methyl sites for hydroxylation is 1. The molecule has 0 radical (unpaired) electrons. The molecule has 0 saturated carbocycles. The molecule has 3 aromatic carbocycles. The lowest BCUT2D eigenvalue weighted by Gasteiger charge is -1.95. The maximum atomic E-state index is 10.5. The Morgan fingerprint density at radius 3 is 1.58 bits per heavy atom. The summed E-state index contributed by atoms with van der Waals surface area (Å²) in [6, 6.07) is 25.2. The molecule has 0 spiro atoms. The van der Waals surface area contributed by atoms with E-state index >= 15 is 0 Å². The lowest BCUT2D eigenvalue weighted by atomic mass is 10.0. The quantitative estimate of drug-likeness (QED) is 0.329. The second kappa shape index (κ2) is 8.87. The molecule has 0 amide bonds. The van der Waals surface area contributed by atoms with Crippen LogP contribution in [0.3, 0.4) is 0 Å². The van der Waals surface area contributed by atoms with Crippen LogP contribution in [-0.4, -0.2) is 23.5 Å². The van der Waals surface area contributed by atoms with Gasteiger partial charge in [-0.25, -0.2) is 0 Å². The standard InChI is InChI=1S/C13H10N2.C7H8O3S/c14-15-13(11-7-3-1-4-8-11)12-9-5-2-6-10-12;1-6-2-4-7(5-3-6)11(8,9)10/h1-10H;2-5H,1H3,(H,8,9,10). The van der Waals surface area contributed by atoms with E-state index in [1.165, 1.54) is 12.1 Å². The first-order valence-corrected chi connectivity index (χ1v) is 9.23. The zero-order chi connectivity index (χ0) is 19.0. The molecular weight excluding hydrogens is 348 g/mol. The zero-order valence-electron chi connectivity index (χ0n) is 14.1. The summed E-state index contributed by atoms with van der Waals surface area (Å²) in [5, 5.41) is 0. The van der Waals surface area contributed by atoms with Crippen molar-refractivity contribution in [1.29, 1.82) is 0 Å². The minimum Gasteiger partial charge on any atom is -0.361 e. The van der Waals surface area contributed by atoms with E-state index in [-0.39, 0.29) is 4.90 Å². The van der Waals surface area contributed by atoms with Crippen LogP contribution in [0.1, 0.15) is 16.7 Å². The maximum Gasteiger partial charge on any atom is 0.329 e. The molecule has 3 aromatic rings. The summed E-state index contributed by atoms with van der Waals surface area (Å²) in [7, 11) is -4.02. The normalized spacial score (nSPS) is 10.2. The average molecular weight is 366 g/mol. The number of hydrogen-bond donors (Lipinski definition) is 1. The third-order valence-electron chi connectivity index (χ3n) is 3.51. The van der Waals surface area contributed by atoms with Gasteiger partial charge in [-0.15, -0.1) is 0 Å². The van der Waals surface area contributed by atoms with Crippen molar-refractivity contribution in [3.05, 3.63) is 107 Å². The van der Waals surface area contributed by atoms with Crippen molar-refractivity contribution >= 4 is 15.8 Å². The van der Waals surface area contributed by atoms with Gasteiger partial charge in [0.25, 0.3) is 10.1 Å². The molecule has 26 heavy (non-hydrogen) atoms. The van der Waals surface area contributed by atoms with E-state index in [0.717, 1.165) is 16.7 Å². The van der Waals surface area contributed by atoms with E-state index in [9.17, 15) is 8.42 Å². The molecule has 0 aliphatic heterocycles. The Labute approximate surface area is 152 Å².